The smallest absolute Gasteiger partial charge is 0.230 e. The Morgan fingerprint density at radius 3 is 2.52 bits per heavy atom. The van der Waals surface area contributed by atoms with E-state index in [4.69, 9.17) is 9.72 Å². The van der Waals surface area contributed by atoms with E-state index in [1.165, 1.54) is 11.8 Å². The average molecular weight is 384 g/mol. The van der Waals surface area contributed by atoms with Crippen LogP contribution in [-0.4, -0.2) is 34.4 Å². The maximum atomic E-state index is 12.3. The van der Waals surface area contributed by atoms with Crippen molar-refractivity contribution in [3.05, 3.63) is 48.5 Å². The van der Waals surface area contributed by atoms with E-state index in [9.17, 15) is 4.79 Å². The van der Waals surface area contributed by atoms with Crippen molar-refractivity contribution in [1.82, 2.24) is 14.9 Å². The zero-order valence-corrected chi connectivity index (χ0v) is 16.9. The fraction of sp³-hybridized carbons (Fsp3) is 0.333. The SMILES string of the molecule is COc1ccc(-n2c(SCC(=O)N[C@H](C)C(C)C)nc3ccccc32)cc1. The maximum absolute atomic E-state index is 12.3. The molecule has 0 saturated carbocycles. The van der Waals surface area contributed by atoms with Crippen LogP contribution in [0.1, 0.15) is 20.8 Å². The molecule has 0 fully saturated rings. The van der Waals surface area contributed by atoms with Gasteiger partial charge in [-0.05, 0) is 49.2 Å². The van der Waals surface area contributed by atoms with Gasteiger partial charge in [0.2, 0.25) is 5.91 Å². The van der Waals surface area contributed by atoms with Crippen LogP contribution in [0.15, 0.2) is 53.7 Å². The molecule has 1 aromatic heterocycles. The fourth-order valence-corrected chi connectivity index (χ4v) is 3.51. The van der Waals surface area contributed by atoms with Crippen molar-refractivity contribution in [2.24, 2.45) is 5.92 Å². The lowest BCUT2D eigenvalue weighted by Gasteiger charge is -2.17. The number of nitrogens with one attached hydrogen (secondary N) is 1. The van der Waals surface area contributed by atoms with Crippen LogP contribution in [0, 0.1) is 5.92 Å². The Morgan fingerprint density at radius 2 is 1.85 bits per heavy atom. The number of carbonyl (C=O) groups is 1. The van der Waals surface area contributed by atoms with Gasteiger partial charge < -0.3 is 10.1 Å². The summed E-state index contributed by atoms with van der Waals surface area (Å²) in [5.41, 5.74) is 2.91. The maximum Gasteiger partial charge on any atom is 0.230 e. The minimum absolute atomic E-state index is 0.0227. The van der Waals surface area contributed by atoms with E-state index in [-0.39, 0.29) is 11.9 Å². The standard InChI is InChI=1S/C21H25N3O2S/c1-14(2)15(3)22-20(25)13-27-21-23-18-7-5-6-8-19(18)24(21)16-9-11-17(26-4)12-10-16/h5-12,14-15H,13H2,1-4H3,(H,22,25)/t15-/m1/s1. The van der Waals surface area contributed by atoms with Crippen LogP contribution >= 0.6 is 11.8 Å². The van der Waals surface area contributed by atoms with E-state index in [1.807, 2.05) is 55.5 Å². The number of benzene rings is 2. The molecule has 2 aromatic carbocycles. The molecule has 3 aromatic rings. The van der Waals surface area contributed by atoms with Crippen molar-refractivity contribution in [3.8, 4) is 11.4 Å². The molecule has 5 nitrogen and oxygen atoms in total. The number of hydrogen-bond acceptors (Lipinski definition) is 4. The molecular formula is C21H25N3O2S. The number of thioether (sulfide) groups is 1. The third-order valence-corrected chi connectivity index (χ3v) is 5.52. The molecule has 1 amide bonds. The van der Waals surface area contributed by atoms with Gasteiger partial charge in [-0.1, -0.05) is 37.7 Å². The van der Waals surface area contributed by atoms with Crippen molar-refractivity contribution in [2.45, 2.75) is 32.0 Å². The largest absolute Gasteiger partial charge is 0.497 e. The predicted octanol–water partition coefficient (Wildman–Crippen LogP) is 4.29. The van der Waals surface area contributed by atoms with Gasteiger partial charge in [-0.3, -0.25) is 9.36 Å². The number of imidazole rings is 1. The van der Waals surface area contributed by atoms with Crippen molar-refractivity contribution in [1.29, 1.82) is 0 Å². The normalized spacial score (nSPS) is 12.3. The first-order valence-electron chi connectivity index (χ1n) is 9.03. The molecule has 0 spiro atoms. The first-order chi connectivity index (χ1) is 13.0. The summed E-state index contributed by atoms with van der Waals surface area (Å²) >= 11 is 1.45. The highest BCUT2D eigenvalue weighted by Crippen LogP contribution is 2.28. The summed E-state index contributed by atoms with van der Waals surface area (Å²) in [6, 6.07) is 16.0. The van der Waals surface area contributed by atoms with Crippen LogP contribution in [0.25, 0.3) is 16.7 Å². The molecule has 0 bridgehead atoms. The molecule has 1 atom stereocenters. The fourth-order valence-electron chi connectivity index (χ4n) is 2.67. The molecule has 0 aliphatic heterocycles. The third kappa shape index (κ3) is 4.45. The molecule has 1 heterocycles. The van der Waals surface area contributed by atoms with Crippen molar-refractivity contribution < 1.29 is 9.53 Å². The second kappa shape index (κ2) is 8.48. The lowest BCUT2D eigenvalue weighted by Crippen LogP contribution is -2.37. The van der Waals surface area contributed by atoms with Gasteiger partial charge in [-0.25, -0.2) is 4.98 Å². The van der Waals surface area contributed by atoms with E-state index in [0.717, 1.165) is 27.6 Å². The third-order valence-electron chi connectivity index (χ3n) is 4.58. The van der Waals surface area contributed by atoms with Crippen LogP contribution in [0.4, 0.5) is 0 Å². The first-order valence-corrected chi connectivity index (χ1v) is 10.0. The molecule has 0 radical (unpaired) electrons. The highest BCUT2D eigenvalue weighted by Gasteiger charge is 2.16. The van der Waals surface area contributed by atoms with Gasteiger partial charge >= 0.3 is 0 Å². The van der Waals surface area contributed by atoms with Gasteiger partial charge in [-0.15, -0.1) is 0 Å². The Hall–Kier alpha value is -2.47. The van der Waals surface area contributed by atoms with Crippen LogP contribution in [-0.2, 0) is 4.79 Å². The number of nitrogens with zero attached hydrogens (tertiary/aromatic N) is 2. The minimum Gasteiger partial charge on any atom is -0.497 e. The van der Waals surface area contributed by atoms with Crippen LogP contribution in [0.2, 0.25) is 0 Å². The molecule has 1 N–H and O–H groups in total. The number of methoxy groups -OCH3 is 1. The van der Waals surface area contributed by atoms with E-state index in [2.05, 4.69) is 23.7 Å². The zero-order valence-electron chi connectivity index (χ0n) is 16.1. The molecule has 0 saturated heterocycles. The summed E-state index contributed by atoms with van der Waals surface area (Å²) in [7, 11) is 1.65. The Balaban J connectivity index is 1.87. The number of carbonyl (C=O) groups excluding carboxylic acids is 1. The summed E-state index contributed by atoms with van der Waals surface area (Å²) in [6.07, 6.45) is 0. The van der Waals surface area contributed by atoms with Crippen LogP contribution in [0.3, 0.4) is 0 Å². The monoisotopic (exact) mass is 383 g/mol. The lowest BCUT2D eigenvalue weighted by atomic mass is 10.1. The van der Waals surface area contributed by atoms with Gasteiger partial charge in [0.05, 0.1) is 23.9 Å². The summed E-state index contributed by atoms with van der Waals surface area (Å²) in [6.45, 7) is 6.22. The van der Waals surface area contributed by atoms with E-state index < -0.39 is 0 Å². The quantitative estimate of drug-likeness (QED) is 0.619. The van der Waals surface area contributed by atoms with Gasteiger partial charge in [0, 0.05) is 11.7 Å². The molecule has 6 heteroatoms. The number of ether oxygens (including phenoxy) is 1. The van der Waals surface area contributed by atoms with Gasteiger partial charge in [0.25, 0.3) is 0 Å². The highest BCUT2D eigenvalue weighted by atomic mass is 32.2. The summed E-state index contributed by atoms with van der Waals surface area (Å²) in [4.78, 5) is 17.0. The lowest BCUT2D eigenvalue weighted by molar-refractivity contribution is -0.119. The van der Waals surface area contributed by atoms with Gasteiger partial charge in [-0.2, -0.15) is 0 Å². The average Bonchev–Trinajstić information content (AvgIpc) is 3.04. The van der Waals surface area contributed by atoms with Crippen LogP contribution < -0.4 is 10.1 Å². The Bertz CT molecular complexity index is 919. The van der Waals surface area contributed by atoms with Gasteiger partial charge in [0.15, 0.2) is 5.16 Å². The molecule has 27 heavy (non-hydrogen) atoms. The second-order valence-electron chi connectivity index (χ2n) is 6.81. The predicted molar refractivity (Wildman–Crippen MR) is 111 cm³/mol. The molecule has 0 aliphatic rings. The van der Waals surface area contributed by atoms with Crippen molar-refractivity contribution in [3.63, 3.8) is 0 Å². The molecule has 0 aliphatic carbocycles. The number of fused-ring (bicyclic) bond motifs is 1. The van der Waals surface area contributed by atoms with E-state index in [1.54, 1.807) is 7.11 Å². The highest BCUT2D eigenvalue weighted by molar-refractivity contribution is 7.99. The summed E-state index contributed by atoms with van der Waals surface area (Å²) in [5.74, 6) is 1.56. The Labute approximate surface area is 164 Å². The zero-order chi connectivity index (χ0) is 19.4. The molecular weight excluding hydrogens is 358 g/mol. The number of amides is 1. The molecule has 0 unspecified atom stereocenters. The molecule has 3 rings (SSSR count). The minimum atomic E-state index is 0.0227. The number of aromatic nitrogens is 2. The van der Waals surface area contributed by atoms with Crippen molar-refractivity contribution in [2.75, 3.05) is 12.9 Å². The second-order valence-corrected chi connectivity index (χ2v) is 7.75. The van der Waals surface area contributed by atoms with E-state index in [0.29, 0.717) is 11.7 Å². The summed E-state index contributed by atoms with van der Waals surface area (Å²) in [5, 5.41) is 3.84. The van der Waals surface area contributed by atoms with Crippen LogP contribution in [0.5, 0.6) is 5.75 Å². The Morgan fingerprint density at radius 1 is 1.15 bits per heavy atom. The number of hydrogen-bond donors (Lipinski definition) is 1. The topological polar surface area (TPSA) is 56.1 Å². The first kappa shape index (κ1) is 19.3. The summed E-state index contributed by atoms with van der Waals surface area (Å²) < 4.78 is 7.34. The molecule has 142 valence electrons. The number of rotatable bonds is 7. The number of para-hydroxylation sites is 2. The van der Waals surface area contributed by atoms with E-state index >= 15 is 0 Å². The Kier molecular flexibility index (Phi) is 6.06. The van der Waals surface area contributed by atoms with Crippen molar-refractivity contribution >= 4 is 28.7 Å². The van der Waals surface area contributed by atoms with Gasteiger partial charge in [0.1, 0.15) is 5.75 Å².